The van der Waals surface area contributed by atoms with Crippen molar-refractivity contribution in [3.63, 3.8) is 0 Å². The molecule has 100 valence electrons. The van der Waals surface area contributed by atoms with Gasteiger partial charge in [0, 0.05) is 18.1 Å². The van der Waals surface area contributed by atoms with E-state index in [2.05, 4.69) is 41.1 Å². The van der Waals surface area contributed by atoms with Gasteiger partial charge in [-0.15, -0.1) is 0 Å². The van der Waals surface area contributed by atoms with Crippen molar-refractivity contribution < 1.29 is 4.74 Å². The summed E-state index contributed by atoms with van der Waals surface area (Å²) in [5.74, 6) is 1.13. The first-order valence-electron chi connectivity index (χ1n) is 7.08. The van der Waals surface area contributed by atoms with Gasteiger partial charge >= 0.3 is 0 Å². The molecular weight excluding hydrogens is 238 g/mol. The minimum Gasteiger partial charge on any atom is -0.378 e. The van der Waals surface area contributed by atoms with Crippen molar-refractivity contribution in [1.82, 2.24) is 14.9 Å². The van der Waals surface area contributed by atoms with E-state index >= 15 is 0 Å². The van der Waals surface area contributed by atoms with E-state index in [4.69, 9.17) is 9.72 Å². The van der Waals surface area contributed by atoms with E-state index in [1.807, 2.05) is 0 Å². The van der Waals surface area contributed by atoms with E-state index in [9.17, 15) is 0 Å². The Morgan fingerprint density at radius 2 is 1.95 bits per heavy atom. The Bertz CT molecular complexity index is 594. The molecule has 0 saturated carbocycles. The standard InChI is InChI=1S/C15H19N3O/c1-10-16-14-4-2-3-5-15(14)18(10)13-6-11-8-19-9-12(7-13)17-11/h2-5,11-13,17H,6-9H2,1H3. The molecule has 0 radical (unpaired) electrons. The maximum Gasteiger partial charge on any atom is 0.106 e. The first kappa shape index (κ1) is 11.4. The number of morpholine rings is 1. The van der Waals surface area contributed by atoms with Crippen LogP contribution in [0.4, 0.5) is 0 Å². The fourth-order valence-corrected chi connectivity index (χ4v) is 3.64. The van der Waals surface area contributed by atoms with Crippen LogP contribution in [0, 0.1) is 6.92 Å². The number of aryl methyl sites for hydroxylation is 1. The number of hydrogen-bond donors (Lipinski definition) is 1. The Hall–Kier alpha value is -1.39. The van der Waals surface area contributed by atoms with Gasteiger partial charge in [-0.3, -0.25) is 0 Å². The summed E-state index contributed by atoms with van der Waals surface area (Å²) >= 11 is 0. The highest BCUT2D eigenvalue weighted by Crippen LogP contribution is 2.32. The maximum atomic E-state index is 5.63. The minimum absolute atomic E-state index is 0.498. The van der Waals surface area contributed by atoms with Crippen LogP contribution in [0.2, 0.25) is 0 Å². The number of benzene rings is 1. The number of ether oxygens (including phenoxy) is 1. The normalized spacial score (nSPS) is 30.7. The quantitative estimate of drug-likeness (QED) is 0.849. The van der Waals surface area contributed by atoms with Gasteiger partial charge in [-0.2, -0.15) is 0 Å². The smallest absolute Gasteiger partial charge is 0.106 e. The Kier molecular flexibility index (Phi) is 2.60. The Morgan fingerprint density at radius 1 is 1.21 bits per heavy atom. The van der Waals surface area contributed by atoms with Gasteiger partial charge in [-0.25, -0.2) is 4.98 Å². The second kappa shape index (κ2) is 4.32. The second-order valence-electron chi connectivity index (χ2n) is 5.74. The fourth-order valence-electron chi connectivity index (χ4n) is 3.64. The lowest BCUT2D eigenvalue weighted by atomic mass is 9.92. The average molecular weight is 257 g/mol. The highest BCUT2D eigenvalue weighted by Gasteiger charge is 2.33. The zero-order valence-corrected chi connectivity index (χ0v) is 11.2. The summed E-state index contributed by atoms with van der Waals surface area (Å²) in [5, 5.41) is 3.65. The van der Waals surface area contributed by atoms with Gasteiger partial charge in [-0.1, -0.05) is 12.1 Å². The summed E-state index contributed by atoms with van der Waals surface area (Å²) in [6.45, 7) is 3.81. The van der Waals surface area contributed by atoms with E-state index < -0.39 is 0 Å². The van der Waals surface area contributed by atoms with E-state index in [1.165, 1.54) is 5.52 Å². The first-order valence-corrected chi connectivity index (χ1v) is 7.08. The lowest BCUT2D eigenvalue weighted by Gasteiger charge is -2.41. The number of fused-ring (bicyclic) bond motifs is 3. The van der Waals surface area contributed by atoms with Gasteiger partial charge in [0.2, 0.25) is 0 Å². The molecule has 2 unspecified atom stereocenters. The van der Waals surface area contributed by atoms with Crippen molar-refractivity contribution in [3.8, 4) is 0 Å². The summed E-state index contributed by atoms with van der Waals surface area (Å²) in [4.78, 5) is 4.69. The zero-order valence-electron chi connectivity index (χ0n) is 11.2. The van der Waals surface area contributed by atoms with Crippen molar-refractivity contribution in [2.24, 2.45) is 0 Å². The van der Waals surface area contributed by atoms with Crippen molar-refractivity contribution in [2.45, 2.75) is 37.9 Å². The third kappa shape index (κ3) is 1.86. The third-order valence-electron chi connectivity index (χ3n) is 4.36. The van der Waals surface area contributed by atoms with Crippen molar-refractivity contribution in [3.05, 3.63) is 30.1 Å². The van der Waals surface area contributed by atoms with Crippen molar-refractivity contribution >= 4 is 11.0 Å². The van der Waals surface area contributed by atoms with Crippen LogP contribution in [0.1, 0.15) is 24.7 Å². The Morgan fingerprint density at radius 3 is 2.74 bits per heavy atom. The van der Waals surface area contributed by atoms with Gasteiger partial charge in [-0.05, 0) is 31.9 Å². The SMILES string of the molecule is Cc1nc2ccccc2n1C1CC2COCC(C1)N2. The largest absolute Gasteiger partial charge is 0.378 e. The van der Waals surface area contributed by atoms with Gasteiger partial charge < -0.3 is 14.6 Å². The summed E-state index contributed by atoms with van der Waals surface area (Å²) in [5.41, 5.74) is 2.38. The van der Waals surface area contributed by atoms with Crippen molar-refractivity contribution in [2.75, 3.05) is 13.2 Å². The molecule has 1 aromatic carbocycles. The zero-order chi connectivity index (χ0) is 12.8. The van der Waals surface area contributed by atoms with E-state index in [0.717, 1.165) is 37.4 Å². The number of aromatic nitrogens is 2. The van der Waals surface area contributed by atoms with Crippen LogP contribution in [-0.4, -0.2) is 34.8 Å². The Labute approximate surface area is 112 Å². The number of rotatable bonds is 1. The lowest BCUT2D eigenvalue weighted by Crippen LogP contribution is -2.54. The molecule has 4 nitrogen and oxygen atoms in total. The number of nitrogens with zero attached hydrogens (tertiary/aromatic N) is 2. The third-order valence-corrected chi connectivity index (χ3v) is 4.36. The van der Waals surface area contributed by atoms with E-state index in [-0.39, 0.29) is 0 Å². The predicted molar refractivity (Wildman–Crippen MR) is 74.3 cm³/mol. The van der Waals surface area contributed by atoms with Crippen LogP contribution in [0.5, 0.6) is 0 Å². The lowest BCUT2D eigenvalue weighted by molar-refractivity contribution is 0.0104. The topological polar surface area (TPSA) is 39.1 Å². The molecule has 0 aliphatic carbocycles. The number of piperidine rings is 1. The van der Waals surface area contributed by atoms with E-state index in [0.29, 0.717) is 18.1 Å². The molecule has 4 rings (SSSR count). The van der Waals surface area contributed by atoms with Crippen LogP contribution in [-0.2, 0) is 4.74 Å². The molecule has 4 heteroatoms. The molecule has 19 heavy (non-hydrogen) atoms. The molecule has 0 spiro atoms. The van der Waals surface area contributed by atoms with Crippen LogP contribution in [0.3, 0.4) is 0 Å². The molecule has 2 atom stereocenters. The molecule has 1 N–H and O–H groups in total. The summed E-state index contributed by atoms with van der Waals surface area (Å²) < 4.78 is 8.06. The molecule has 1 aromatic heterocycles. The molecule has 3 heterocycles. The minimum atomic E-state index is 0.498. The molecule has 2 aliphatic heterocycles. The van der Waals surface area contributed by atoms with Gasteiger partial charge in [0.05, 0.1) is 24.2 Å². The van der Waals surface area contributed by atoms with Crippen LogP contribution in [0.25, 0.3) is 11.0 Å². The first-order chi connectivity index (χ1) is 9.31. The van der Waals surface area contributed by atoms with Gasteiger partial charge in [0.25, 0.3) is 0 Å². The Balaban J connectivity index is 1.75. The van der Waals surface area contributed by atoms with Crippen LogP contribution < -0.4 is 5.32 Å². The number of nitrogens with one attached hydrogen (secondary N) is 1. The molecule has 2 bridgehead atoms. The van der Waals surface area contributed by atoms with Crippen LogP contribution >= 0.6 is 0 Å². The predicted octanol–water partition coefficient (Wildman–Crippen LogP) is 2.04. The summed E-state index contributed by atoms with van der Waals surface area (Å²) in [6.07, 6.45) is 2.27. The number of imidazole rings is 1. The second-order valence-corrected chi connectivity index (χ2v) is 5.74. The fraction of sp³-hybridized carbons (Fsp3) is 0.533. The maximum absolute atomic E-state index is 5.63. The van der Waals surface area contributed by atoms with Crippen molar-refractivity contribution in [1.29, 1.82) is 0 Å². The van der Waals surface area contributed by atoms with Gasteiger partial charge in [0.15, 0.2) is 0 Å². The van der Waals surface area contributed by atoms with Crippen LogP contribution in [0.15, 0.2) is 24.3 Å². The summed E-state index contributed by atoms with van der Waals surface area (Å²) in [7, 11) is 0. The monoisotopic (exact) mass is 257 g/mol. The average Bonchev–Trinajstić information content (AvgIpc) is 2.74. The molecule has 2 fully saturated rings. The molecular formula is C15H19N3O. The number of hydrogen-bond acceptors (Lipinski definition) is 3. The molecule has 2 saturated heterocycles. The molecule has 2 aromatic rings. The highest BCUT2D eigenvalue weighted by atomic mass is 16.5. The highest BCUT2D eigenvalue weighted by molar-refractivity contribution is 5.76. The van der Waals surface area contributed by atoms with E-state index in [1.54, 1.807) is 0 Å². The number of para-hydroxylation sites is 2. The molecule has 0 amide bonds. The van der Waals surface area contributed by atoms with Gasteiger partial charge in [0.1, 0.15) is 5.82 Å². The molecule has 2 aliphatic rings. The summed E-state index contributed by atoms with van der Waals surface area (Å²) in [6, 6.07) is 9.99.